The van der Waals surface area contributed by atoms with Crippen molar-refractivity contribution in [2.24, 2.45) is 0 Å². The van der Waals surface area contributed by atoms with Gasteiger partial charge in [0.15, 0.2) is 0 Å². The number of benzene rings is 4. The zero-order valence-electron chi connectivity index (χ0n) is 18.8. The summed E-state index contributed by atoms with van der Waals surface area (Å²) in [5.74, 6) is -4.36. The van der Waals surface area contributed by atoms with E-state index in [1.807, 2.05) is 30.3 Å². The van der Waals surface area contributed by atoms with Gasteiger partial charge in [0.1, 0.15) is 34.8 Å². The van der Waals surface area contributed by atoms with E-state index < -0.39 is 29.0 Å². The summed E-state index contributed by atoms with van der Waals surface area (Å²) in [5.41, 5.74) is 2.04. The van der Waals surface area contributed by atoms with Crippen molar-refractivity contribution in [3.8, 4) is 22.9 Å². The van der Waals surface area contributed by atoms with Crippen molar-refractivity contribution in [3.05, 3.63) is 125 Å². The van der Waals surface area contributed by atoms with Gasteiger partial charge in [-0.1, -0.05) is 61.5 Å². The Bertz CT molecular complexity index is 1390. The first kappa shape index (κ1) is 23.8. The molecule has 0 aliphatic rings. The topological polar surface area (TPSA) is 50.1 Å². The first-order valence-corrected chi connectivity index (χ1v) is 10.9. The van der Waals surface area contributed by atoms with E-state index in [2.05, 4.69) is 19.1 Å². The van der Waals surface area contributed by atoms with E-state index in [0.29, 0.717) is 11.5 Å². The summed E-state index contributed by atoms with van der Waals surface area (Å²) in [4.78, 5) is 12.3. The van der Waals surface area contributed by atoms with Crippen LogP contribution in [0.2, 0.25) is 0 Å². The van der Waals surface area contributed by atoms with Crippen LogP contribution in [-0.2, 0) is 6.42 Å². The standard InChI is InChI=1S/C29H20F3NO2/c1-18(20-5-3-2-4-6-20)13-19-7-9-21(10-8-19)23-14-26(31)28(27(32)15-23)29(34)35-24-12-11-22(17-33)25(30)16-24/h2-12,14-16,18H,13H2,1H3/t18-/m0/s1. The van der Waals surface area contributed by atoms with Crippen molar-refractivity contribution in [2.45, 2.75) is 19.3 Å². The number of carbonyl (C=O) groups is 1. The number of halogens is 3. The maximum atomic E-state index is 14.7. The van der Waals surface area contributed by atoms with Crippen molar-refractivity contribution < 1.29 is 22.7 Å². The maximum absolute atomic E-state index is 14.7. The summed E-state index contributed by atoms with van der Waals surface area (Å²) in [6.45, 7) is 2.14. The van der Waals surface area contributed by atoms with Gasteiger partial charge in [0.05, 0.1) is 5.56 Å². The number of ether oxygens (including phenoxy) is 1. The van der Waals surface area contributed by atoms with Crippen LogP contribution in [0.3, 0.4) is 0 Å². The number of carbonyl (C=O) groups excluding carboxylic acids is 1. The summed E-state index contributed by atoms with van der Waals surface area (Å²) in [5, 5.41) is 8.77. The van der Waals surface area contributed by atoms with Crippen LogP contribution in [0.4, 0.5) is 13.2 Å². The minimum atomic E-state index is -1.30. The maximum Gasteiger partial charge on any atom is 0.349 e. The molecule has 0 N–H and O–H groups in total. The van der Waals surface area contributed by atoms with E-state index in [1.54, 1.807) is 18.2 Å². The number of nitrogens with zero attached hydrogens (tertiary/aromatic N) is 1. The fourth-order valence-corrected chi connectivity index (χ4v) is 3.83. The molecule has 3 nitrogen and oxygen atoms in total. The average molecular weight is 471 g/mol. The van der Waals surface area contributed by atoms with Crippen LogP contribution in [0.5, 0.6) is 5.75 Å². The molecule has 0 radical (unpaired) electrons. The molecule has 0 heterocycles. The molecule has 0 aliphatic carbocycles. The molecule has 4 rings (SSSR count). The van der Waals surface area contributed by atoms with Gasteiger partial charge in [-0.05, 0) is 58.9 Å². The Morgan fingerprint density at radius 3 is 2.11 bits per heavy atom. The van der Waals surface area contributed by atoms with Crippen LogP contribution in [0.1, 0.15) is 39.9 Å². The number of nitriles is 1. The second-order valence-electron chi connectivity index (χ2n) is 8.17. The highest BCUT2D eigenvalue weighted by molar-refractivity contribution is 5.92. The van der Waals surface area contributed by atoms with Gasteiger partial charge in [-0.15, -0.1) is 0 Å². The number of hydrogen-bond acceptors (Lipinski definition) is 3. The minimum absolute atomic E-state index is 0.243. The normalized spacial score (nSPS) is 11.5. The monoisotopic (exact) mass is 471 g/mol. The van der Waals surface area contributed by atoms with E-state index in [4.69, 9.17) is 10.00 Å². The predicted octanol–water partition coefficient (Wildman–Crippen LogP) is 7.21. The quantitative estimate of drug-likeness (QED) is 0.221. The molecular formula is C29H20F3NO2. The molecule has 0 unspecified atom stereocenters. The summed E-state index contributed by atoms with van der Waals surface area (Å²) < 4.78 is 48.1. The lowest BCUT2D eigenvalue weighted by molar-refractivity contribution is 0.0724. The van der Waals surface area contributed by atoms with Crippen molar-refractivity contribution in [2.75, 3.05) is 0 Å². The Morgan fingerprint density at radius 1 is 0.857 bits per heavy atom. The molecule has 6 heteroatoms. The van der Waals surface area contributed by atoms with Crippen LogP contribution in [-0.4, -0.2) is 5.97 Å². The van der Waals surface area contributed by atoms with Crippen molar-refractivity contribution in [1.82, 2.24) is 0 Å². The molecule has 0 fully saturated rings. The highest BCUT2D eigenvalue weighted by atomic mass is 19.1. The van der Waals surface area contributed by atoms with Crippen molar-refractivity contribution in [3.63, 3.8) is 0 Å². The summed E-state index contributed by atoms with van der Waals surface area (Å²) in [6, 6.07) is 24.3. The van der Waals surface area contributed by atoms with Crippen LogP contribution in [0, 0.1) is 28.8 Å². The minimum Gasteiger partial charge on any atom is -0.423 e. The van der Waals surface area contributed by atoms with E-state index in [9.17, 15) is 18.0 Å². The molecule has 0 spiro atoms. The Kier molecular flexibility index (Phi) is 6.98. The Labute approximate surface area is 201 Å². The van der Waals surface area contributed by atoms with Gasteiger partial charge in [0.25, 0.3) is 0 Å². The van der Waals surface area contributed by atoms with Gasteiger partial charge >= 0.3 is 5.97 Å². The zero-order valence-corrected chi connectivity index (χ0v) is 18.8. The Balaban J connectivity index is 1.50. The highest BCUT2D eigenvalue weighted by Gasteiger charge is 2.22. The molecular weight excluding hydrogens is 451 g/mol. The third-order valence-electron chi connectivity index (χ3n) is 5.72. The van der Waals surface area contributed by atoms with Gasteiger partial charge in [-0.25, -0.2) is 18.0 Å². The van der Waals surface area contributed by atoms with E-state index >= 15 is 0 Å². The molecule has 4 aromatic rings. The third kappa shape index (κ3) is 5.42. The smallest absolute Gasteiger partial charge is 0.349 e. The van der Waals surface area contributed by atoms with Crippen LogP contribution >= 0.6 is 0 Å². The fourth-order valence-electron chi connectivity index (χ4n) is 3.83. The number of esters is 1. The second-order valence-corrected chi connectivity index (χ2v) is 8.17. The lowest BCUT2D eigenvalue weighted by Crippen LogP contribution is -2.13. The molecule has 174 valence electrons. The Hall–Kier alpha value is -4.37. The summed E-state index contributed by atoms with van der Waals surface area (Å²) in [7, 11) is 0. The number of hydrogen-bond donors (Lipinski definition) is 0. The van der Waals surface area contributed by atoms with Crippen LogP contribution < -0.4 is 4.74 Å². The van der Waals surface area contributed by atoms with E-state index in [0.717, 1.165) is 36.2 Å². The SMILES string of the molecule is C[C@@H](Cc1ccc(-c2cc(F)c(C(=O)Oc3ccc(C#N)c(F)c3)c(F)c2)cc1)c1ccccc1. The Morgan fingerprint density at radius 2 is 1.51 bits per heavy atom. The zero-order chi connectivity index (χ0) is 24.9. The second kappa shape index (κ2) is 10.3. The van der Waals surface area contributed by atoms with Crippen LogP contribution in [0.15, 0.2) is 84.9 Å². The van der Waals surface area contributed by atoms with Gasteiger partial charge in [0.2, 0.25) is 0 Å². The third-order valence-corrected chi connectivity index (χ3v) is 5.72. The lowest BCUT2D eigenvalue weighted by atomic mass is 9.93. The fraction of sp³-hybridized carbons (Fsp3) is 0.103. The molecule has 1 atom stereocenters. The van der Waals surface area contributed by atoms with Gasteiger partial charge in [0, 0.05) is 6.07 Å². The molecule has 0 saturated carbocycles. The first-order chi connectivity index (χ1) is 16.9. The van der Waals surface area contributed by atoms with E-state index in [-0.39, 0.29) is 16.9 Å². The molecule has 0 aliphatic heterocycles. The van der Waals surface area contributed by atoms with Crippen molar-refractivity contribution in [1.29, 1.82) is 5.26 Å². The summed E-state index contributed by atoms with van der Waals surface area (Å²) in [6.07, 6.45) is 0.813. The molecule has 0 aromatic heterocycles. The molecule has 0 amide bonds. The largest absolute Gasteiger partial charge is 0.423 e. The first-order valence-electron chi connectivity index (χ1n) is 10.9. The lowest BCUT2D eigenvalue weighted by Gasteiger charge is -2.13. The van der Waals surface area contributed by atoms with Gasteiger partial charge in [-0.3, -0.25) is 0 Å². The van der Waals surface area contributed by atoms with Crippen LogP contribution in [0.25, 0.3) is 11.1 Å². The molecule has 35 heavy (non-hydrogen) atoms. The van der Waals surface area contributed by atoms with Gasteiger partial charge in [-0.2, -0.15) is 5.26 Å². The highest BCUT2D eigenvalue weighted by Crippen LogP contribution is 2.28. The molecule has 4 aromatic carbocycles. The molecule has 0 saturated heterocycles. The average Bonchev–Trinajstić information content (AvgIpc) is 2.84. The van der Waals surface area contributed by atoms with Gasteiger partial charge < -0.3 is 4.74 Å². The summed E-state index contributed by atoms with van der Waals surface area (Å²) >= 11 is 0. The number of rotatable bonds is 6. The molecule has 0 bridgehead atoms. The van der Waals surface area contributed by atoms with Crippen molar-refractivity contribution >= 4 is 5.97 Å². The predicted molar refractivity (Wildman–Crippen MR) is 126 cm³/mol. The van der Waals surface area contributed by atoms with E-state index in [1.165, 1.54) is 11.6 Å².